The van der Waals surface area contributed by atoms with Crippen LogP contribution in [0.1, 0.15) is 17.3 Å². The molecule has 21 heavy (non-hydrogen) atoms. The molecule has 0 radical (unpaired) electrons. The first-order valence-corrected chi connectivity index (χ1v) is 6.95. The average molecular weight is 328 g/mol. The summed E-state index contributed by atoms with van der Waals surface area (Å²) in [5.41, 5.74) is 0.764. The average Bonchev–Trinajstić information content (AvgIpc) is 2.45. The van der Waals surface area contributed by atoms with Crippen LogP contribution >= 0.6 is 23.2 Å². The first-order chi connectivity index (χ1) is 10.0. The Hall–Kier alpha value is -1.78. The van der Waals surface area contributed by atoms with E-state index in [1.807, 2.05) is 6.92 Å². The van der Waals surface area contributed by atoms with Crippen LogP contribution < -0.4 is 10.1 Å². The number of ether oxygens (including phenoxy) is 1. The van der Waals surface area contributed by atoms with E-state index in [2.05, 4.69) is 5.32 Å². The molecule has 2 aromatic rings. The molecule has 3 nitrogen and oxygen atoms in total. The lowest BCUT2D eigenvalue weighted by Crippen LogP contribution is -2.12. The summed E-state index contributed by atoms with van der Waals surface area (Å²) in [6, 6.07) is 8.67. The minimum absolute atomic E-state index is 0.0578. The van der Waals surface area contributed by atoms with Crippen molar-refractivity contribution in [3.8, 4) is 5.75 Å². The van der Waals surface area contributed by atoms with Crippen molar-refractivity contribution in [3.05, 3.63) is 57.8 Å². The minimum atomic E-state index is -0.543. The summed E-state index contributed by atoms with van der Waals surface area (Å²) in [7, 11) is 0. The zero-order valence-corrected chi connectivity index (χ0v) is 12.6. The second-order valence-electron chi connectivity index (χ2n) is 4.16. The fourth-order valence-corrected chi connectivity index (χ4v) is 2.11. The number of benzene rings is 2. The molecule has 0 bridgehead atoms. The Balaban J connectivity index is 2.16. The Morgan fingerprint density at radius 1 is 1.19 bits per heavy atom. The molecule has 2 aromatic carbocycles. The van der Waals surface area contributed by atoms with Gasteiger partial charge in [-0.3, -0.25) is 4.79 Å². The maximum absolute atomic E-state index is 13.1. The summed E-state index contributed by atoms with van der Waals surface area (Å²) in [4.78, 5) is 12.1. The van der Waals surface area contributed by atoms with E-state index in [-0.39, 0.29) is 10.9 Å². The summed E-state index contributed by atoms with van der Waals surface area (Å²) in [6.07, 6.45) is 0. The second kappa shape index (κ2) is 6.78. The quantitative estimate of drug-likeness (QED) is 0.877. The van der Waals surface area contributed by atoms with Crippen LogP contribution in [0, 0.1) is 5.82 Å². The van der Waals surface area contributed by atoms with E-state index in [1.165, 1.54) is 24.3 Å². The zero-order valence-electron chi connectivity index (χ0n) is 11.1. The number of carbonyl (C=O) groups excluding carboxylic acids is 1. The highest BCUT2D eigenvalue weighted by Gasteiger charge is 2.10. The third-order valence-electron chi connectivity index (χ3n) is 2.67. The molecule has 0 aliphatic rings. The van der Waals surface area contributed by atoms with Crippen molar-refractivity contribution in [2.45, 2.75) is 6.92 Å². The summed E-state index contributed by atoms with van der Waals surface area (Å²) in [5.74, 6) is -0.401. The highest BCUT2D eigenvalue weighted by Crippen LogP contribution is 2.26. The second-order valence-corrected chi connectivity index (χ2v) is 4.98. The van der Waals surface area contributed by atoms with Gasteiger partial charge in [-0.05, 0) is 43.3 Å². The van der Waals surface area contributed by atoms with Gasteiger partial charge in [-0.15, -0.1) is 0 Å². The first kappa shape index (κ1) is 15.6. The SMILES string of the molecule is CCOc1ccc(C(=O)Nc2ccc(F)c(Cl)c2)cc1Cl. The largest absolute Gasteiger partial charge is 0.492 e. The number of nitrogens with one attached hydrogen (secondary N) is 1. The molecule has 1 N–H and O–H groups in total. The molecule has 0 saturated carbocycles. The molecule has 0 spiro atoms. The Morgan fingerprint density at radius 3 is 2.57 bits per heavy atom. The van der Waals surface area contributed by atoms with Crippen LogP contribution in [0.15, 0.2) is 36.4 Å². The predicted molar refractivity (Wildman–Crippen MR) is 82.0 cm³/mol. The van der Waals surface area contributed by atoms with Gasteiger partial charge in [0.2, 0.25) is 0 Å². The number of carbonyl (C=O) groups is 1. The molecule has 0 unspecified atom stereocenters. The van der Waals surface area contributed by atoms with E-state index < -0.39 is 5.82 Å². The minimum Gasteiger partial charge on any atom is -0.492 e. The molecule has 0 atom stereocenters. The summed E-state index contributed by atoms with van der Waals surface area (Å²) in [6.45, 7) is 2.33. The number of anilines is 1. The lowest BCUT2D eigenvalue weighted by Gasteiger charge is -2.09. The van der Waals surface area contributed by atoms with E-state index in [9.17, 15) is 9.18 Å². The molecule has 0 aliphatic heterocycles. The maximum atomic E-state index is 13.1. The number of rotatable bonds is 4. The maximum Gasteiger partial charge on any atom is 0.255 e. The number of amides is 1. The molecular formula is C15H12Cl2FNO2. The van der Waals surface area contributed by atoms with Crippen molar-refractivity contribution >= 4 is 34.8 Å². The van der Waals surface area contributed by atoms with E-state index in [1.54, 1.807) is 12.1 Å². The first-order valence-electron chi connectivity index (χ1n) is 6.20. The fourth-order valence-electron chi connectivity index (χ4n) is 1.69. The molecule has 2 rings (SSSR count). The number of hydrogen-bond donors (Lipinski definition) is 1. The Kier molecular flexibility index (Phi) is 5.04. The van der Waals surface area contributed by atoms with Gasteiger partial charge in [0.15, 0.2) is 0 Å². The van der Waals surface area contributed by atoms with Crippen LogP contribution in [0.2, 0.25) is 10.0 Å². The Bertz CT molecular complexity index is 677. The smallest absolute Gasteiger partial charge is 0.255 e. The highest BCUT2D eigenvalue weighted by atomic mass is 35.5. The van der Waals surface area contributed by atoms with Crippen LogP contribution in [-0.4, -0.2) is 12.5 Å². The van der Waals surface area contributed by atoms with Crippen LogP contribution in [0.5, 0.6) is 5.75 Å². The molecule has 6 heteroatoms. The number of hydrogen-bond acceptors (Lipinski definition) is 2. The summed E-state index contributed by atoms with van der Waals surface area (Å²) in [5, 5.41) is 2.91. The Morgan fingerprint density at radius 2 is 1.95 bits per heavy atom. The number of halogens is 3. The summed E-state index contributed by atoms with van der Waals surface area (Å²) < 4.78 is 18.3. The van der Waals surface area contributed by atoms with Crippen molar-refractivity contribution in [3.63, 3.8) is 0 Å². The molecule has 0 aromatic heterocycles. The zero-order chi connectivity index (χ0) is 15.4. The molecule has 0 saturated heterocycles. The lowest BCUT2D eigenvalue weighted by atomic mass is 10.2. The third kappa shape index (κ3) is 3.86. The molecule has 0 heterocycles. The monoisotopic (exact) mass is 327 g/mol. The molecule has 0 fully saturated rings. The van der Waals surface area contributed by atoms with Crippen molar-refractivity contribution in [1.29, 1.82) is 0 Å². The predicted octanol–water partition coefficient (Wildman–Crippen LogP) is 4.78. The molecule has 0 aliphatic carbocycles. The third-order valence-corrected chi connectivity index (χ3v) is 3.26. The van der Waals surface area contributed by atoms with Crippen molar-refractivity contribution in [2.75, 3.05) is 11.9 Å². The van der Waals surface area contributed by atoms with E-state index in [4.69, 9.17) is 27.9 Å². The van der Waals surface area contributed by atoms with E-state index in [0.717, 1.165) is 0 Å². The van der Waals surface area contributed by atoms with Gasteiger partial charge < -0.3 is 10.1 Å². The van der Waals surface area contributed by atoms with Crippen molar-refractivity contribution in [1.82, 2.24) is 0 Å². The van der Waals surface area contributed by atoms with Crippen LogP contribution in [0.3, 0.4) is 0 Å². The fraction of sp³-hybridized carbons (Fsp3) is 0.133. The van der Waals surface area contributed by atoms with Gasteiger partial charge in [0, 0.05) is 11.3 Å². The van der Waals surface area contributed by atoms with Gasteiger partial charge in [-0.25, -0.2) is 4.39 Å². The Labute approximate surface area is 131 Å². The van der Waals surface area contributed by atoms with Crippen molar-refractivity contribution < 1.29 is 13.9 Å². The van der Waals surface area contributed by atoms with Gasteiger partial charge in [0.05, 0.1) is 16.7 Å². The van der Waals surface area contributed by atoms with Gasteiger partial charge in [-0.2, -0.15) is 0 Å². The van der Waals surface area contributed by atoms with Crippen LogP contribution in [0.25, 0.3) is 0 Å². The highest BCUT2D eigenvalue weighted by molar-refractivity contribution is 6.32. The van der Waals surface area contributed by atoms with Gasteiger partial charge in [0.25, 0.3) is 5.91 Å². The molecule has 1 amide bonds. The van der Waals surface area contributed by atoms with E-state index >= 15 is 0 Å². The van der Waals surface area contributed by atoms with Gasteiger partial charge in [-0.1, -0.05) is 23.2 Å². The van der Waals surface area contributed by atoms with Crippen molar-refractivity contribution in [2.24, 2.45) is 0 Å². The normalized spacial score (nSPS) is 10.3. The molecular weight excluding hydrogens is 316 g/mol. The molecule has 110 valence electrons. The van der Waals surface area contributed by atoms with Gasteiger partial charge >= 0.3 is 0 Å². The topological polar surface area (TPSA) is 38.3 Å². The van der Waals surface area contributed by atoms with Crippen LogP contribution in [0.4, 0.5) is 10.1 Å². The van der Waals surface area contributed by atoms with Crippen LogP contribution in [-0.2, 0) is 0 Å². The van der Waals surface area contributed by atoms with E-state index in [0.29, 0.717) is 28.6 Å². The standard InChI is InChI=1S/C15H12Cl2FNO2/c1-2-21-14-6-3-9(7-12(14)17)15(20)19-10-4-5-13(18)11(16)8-10/h3-8H,2H2,1H3,(H,19,20). The lowest BCUT2D eigenvalue weighted by molar-refractivity contribution is 0.102. The van der Waals surface area contributed by atoms with Gasteiger partial charge in [0.1, 0.15) is 11.6 Å². The summed E-state index contributed by atoms with van der Waals surface area (Å²) >= 11 is 11.7.